The van der Waals surface area contributed by atoms with Crippen molar-refractivity contribution in [3.8, 4) is 0 Å². The van der Waals surface area contributed by atoms with Gasteiger partial charge in [0.2, 0.25) is 0 Å². The molecule has 0 aliphatic rings. The van der Waals surface area contributed by atoms with Crippen molar-refractivity contribution in [3.05, 3.63) is 40.4 Å². The van der Waals surface area contributed by atoms with Gasteiger partial charge in [-0.3, -0.25) is 4.99 Å². The molecule has 2 rings (SSSR count). The zero-order valence-electron chi connectivity index (χ0n) is 12.2. The third kappa shape index (κ3) is 6.36. The van der Waals surface area contributed by atoms with Crippen LogP contribution in [0, 0.1) is 0 Å². The third-order valence-corrected chi connectivity index (χ3v) is 3.37. The number of hydrogen-bond acceptors (Lipinski definition) is 7. The molecule has 127 valence electrons. The predicted octanol–water partition coefficient (Wildman–Crippen LogP) is -0.642. The predicted molar refractivity (Wildman–Crippen MR) is 84.2 cm³/mol. The number of imidazole rings is 1. The summed E-state index contributed by atoms with van der Waals surface area (Å²) in [5.41, 5.74) is 6.61. The first-order valence-electron chi connectivity index (χ1n) is 6.82. The zero-order valence-corrected chi connectivity index (χ0v) is 14.7. The molecule has 2 heterocycles. The summed E-state index contributed by atoms with van der Waals surface area (Å²) in [5.74, 6) is 0.164. The van der Waals surface area contributed by atoms with Gasteiger partial charge in [0, 0.05) is 50.0 Å². The van der Waals surface area contributed by atoms with Crippen LogP contribution in [0.3, 0.4) is 0 Å². The Labute approximate surface area is 153 Å². The van der Waals surface area contributed by atoms with E-state index in [1.54, 1.807) is 18.7 Å². The number of nitrogens with two attached hydrogens (primary N) is 1. The summed E-state index contributed by atoms with van der Waals surface area (Å²) >= 11 is 3.28. The fourth-order valence-electron chi connectivity index (χ4n) is 1.72. The number of H-pyrrole nitrogens is 1. The van der Waals surface area contributed by atoms with Crippen LogP contribution in [0.2, 0.25) is 0 Å². The van der Waals surface area contributed by atoms with Crippen LogP contribution in [-0.4, -0.2) is 45.5 Å². The Bertz CT molecular complexity index is 621. The second-order valence-corrected chi connectivity index (χ2v) is 5.32. The number of hydrogen-bond donors (Lipinski definition) is 3. The Morgan fingerprint density at radius 2 is 2.26 bits per heavy atom. The monoisotopic (exact) mass is 429 g/mol. The van der Waals surface area contributed by atoms with Crippen molar-refractivity contribution in [1.82, 2.24) is 25.3 Å². The van der Waals surface area contributed by atoms with Crippen LogP contribution in [0.1, 0.15) is 17.2 Å². The van der Waals surface area contributed by atoms with Gasteiger partial charge in [0.25, 0.3) is 0 Å². The van der Waals surface area contributed by atoms with Crippen molar-refractivity contribution in [2.24, 2.45) is 10.7 Å². The van der Waals surface area contributed by atoms with Crippen LogP contribution in [0.5, 0.6) is 0 Å². The zero-order chi connectivity index (χ0) is 15.8. The van der Waals surface area contributed by atoms with Gasteiger partial charge in [-0.15, -0.1) is 0 Å². The van der Waals surface area contributed by atoms with Gasteiger partial charge in [0.15, 0.2) is 0 Å². The summed E-state index contributed by atoms with van der Waals surface area (Å²) < 4.78 is 0.533. The molecular formula is C13H17BrCuN7O+. The van der Waals surface area contributed by atoms with E-state index in [9.17, 15) is 5.11 Å². The van der Waals surface area contributed by atoms with E-state index < -0.39 is 0 Å². The molecular weight excluding hydrogens is 414 g/mol. The number of aliphatic imine (C=N–C) groups is 1. The van der Waals surface area contributed by atoms with Gasteiger partial charge in [-0.1, -0.05) is 0 Å². The minimum absolute atomic E-state index is 0. The Hall–Kier alpha value is -1.32. The Morgan fingerprint density at radius 1 is 1.43 bits per heavy atom. The Balaban J connectivity index is 0.00000264. The van der Waals surface area contributed by atoms with Crippen molar-refractivity contribution >= 4 is 21.8 Å². The van der Waals surface area contributed by atoms with Gasteiger partial charge in [-0.05, 0) is 15.9 Å². The van der Waals surface area contributed by atoms with E-state index in [1.165, 1.54) is 0 Å². The summed E-state index contributed by atoms with van der Waals surface area (Å²) in [6.07, 6.45) is 5.49. The van der Waals surface area contributed by atoms with Crippen LogP contribution in [0.4, 0.5) is 0 Å². The fourth-order valence-corrected chi connectivity index (χ4v) is 2.08. The second-order valence-electron chi connectivity index (χ2n) is 4.46. The van der Waals surface area contributed by atoms with E-state index >= 15 is 0 Å². The van der Waals surface area contributed by atoms with Crippen molar-refractivity contribution in [3.63, 3.8) is 0 Å². The molecule has 0 spiro atoms. The van der Waals surface area contributed by atoms with Crippen LogP contribution in [0.15, 0.2) is 28.2 Å². The maximum Gasteiger partial charge on any atom is 2.00 e. The van der Waals surface area contributed by atoms with Crippen molar-refractivity contribution in [2.45, 2.75) is 13.0 Å². The molecule has 0 saturated heterocycles. The van der Waals surface area contributed by atoms with E-state index in [0.29, 0.717) is 42.9 Å². The molecule has 0 amide bonds. The number of aromatic nitrogens is 4. The fraction of sp³-hybridized carbons (Fsp3) is 0.385. The van der Waals surface area contributed by atoms with Gasteiger partial charge in [0.1, 0.15) is 5.82 Å². The molecule has 8 nitrogen and oxygen atoms in total. The second kappa shape index (κ2) is 10.5. The molecule has 0 fully saturated rings. The van der Waals surface area contributed by atoms with Crippen molar-refractivity contribution in [2.75, 3.05) is 19.6 Å². The number of aromatic amines is 1. The SMILES string of the molecule is NCCNCc1ncc(Br)c(C([O-])=NCCc2cnc[nH]2)n1.[Cu+2]. The summed E-state index contributed by atoms with van der Waals surface area (Å²) in [5, 5.41) is 15.2. The van der Waals surface area contributed by atoms with Crippen LogP contribution < -0.4 is 16.2 Å². The number of halogens is 1. The topological polar surface area (TPSA) is 128 Å². The van der Waals surface area contributed by atoms with Gasteiger partial charge in [-0.2, -0.15) is 0 Å². The quantitative estimate of drug-likeness (QED) is 0.221. The van der Waals surface area contributed by atoms with E-state index in [-0.39, 0.29) is 28.7 Å². The molecule has 0 aromatic carbocycles. The molecule has 10 heteroatoms. The summed E-state index contributed by atoms with van der Waals surface area (Å²) in [4.78, 5) is 19.3. The average Bonchev–Trinajstić information content (AvgIpc) is 3.02. The van der Waals surface area contributed by atoms with Gasteiger partial charge < -0.3 is 21.1 Å². The summed E-state index contributed by atoms with van der Waals surface area (Å²) in [6, 6.07) is 0. The molecule has 0 atom stereocenters. The minimum atomic E-state index is -0.367. The van der Waals surface area contributed by atoms with Gasteiger partial charge >= 0.3 is 17.1 Å². The van der Waals surface area contributed by atoms with Crippen molar-refractivity contribution in [1.29, 1.82) is 0 Å². The van der Waals surface area contributed by atoms with Crippen LogP contribution in [-0.2, 0) is 30.0 Å². The molecule has 23 heavy (non-hydrogen) atoms. The molecule has 0 unspecified atom stereocenters. The first-order chi connectivity index (χ1) is 10.7. The summed E-state index contributed by atoms with van der Waals surface area (Å²) in [7, 11) is 0. The molecule has 0 bridgehead atoms. The number of nitrogens with zero attached hydrogens (tertiary/aromatic N) is 4. The molecule has 1 radical (unpaired) electrons. The molecule has 4 N–H and O–H groups in total. The van der Waals surface area contributed by atoms with Crippen LogP contribution in [0.25, 0.3) is 0 Å². The summed E-state index contributed by atoms with van der Waals surface area (Å²) in [6.45, 7) is 2.03. The van der Waals surface area contributed by atoms with Gasteiger partial charge in [-0.25, -0.2) is 15.0 Å². The third-order valence-electron chi connectivity index (χ3n) is 2.79. The largest absolute Gasteiger partial charge is 2.00 e. The maximum atomic E-state index is 12.1. The normalized spacial score (nSPS) is 11.3. The molecule has 2 aromatic rings. The standard InChI is InChI=1S/C13H18BrN7O.Cu/c14-10-6-19-11(7-16-4-2-15)21-12(10)13(22)18-3-1-9-5-17-8-20-9;/h5-6,8,16H,1-4,7,15H2,(H,17,20)(H,18,22);/q;+2/p-1. The molecule has 0 aliphatic heterocycles. The Kier molecular flexibility index (Phi) is 8.97. The van der Waals surface area contributed by atoms with E-state index in [2.05, 4.69) is 46.2 Å². The average molecular weight is 431 g/mol. The van der Waals surface area contributed by atoms with E-state index in [4.69, 9.17) is 5.73 Å². The van der Waals surface area contributed by atoms with Crippen molar-refractivity contribution < 1.29 is 22.2 Å². The van der Waals surface area contributed by atoms with Crippen LogP contribution >= 0.6 is 15.9 Å². The van der Waals surface area contributed by atoms with Gasteiger partial charge in [0.05, 0.1) is 23.0 Å². The molecule has 2 aromatic heterocycles. The molecule has 0 saturated carbocycles. The van der Waals surface area contributed by atoms with E-state index in [1.807, 2.05) is 0 Å². The number of nitrogens with one attached hydrogen (secondary N) is 2. The molecule has 0 aliphatic carbocycles. The first-order valence-corrected chi connectivity index (χ1v) is 7.61. The maximum absolute atomic E-state index is 12.1. The smallest absolute Gasteiger partial charge is 0.857 e. The van der Waals surface area contributed by atoms with E-state index in [0.717, 1.165) is 5.69 Å². The first kappa shape index (κ1) is 19.7. The number of rotatable bonds is 8. The minimum Gasteiger partial charge on any atom is -0.857 e. The Morgan fingerprint density at radius 3 is 2.96 bits per heavy atom.